The van der Waals surface area contributed by atoms with Crippen molar-refractivity contribution < 1.29 is 18.3 Å². The molecule has 6 heteroatoms. The van der Waals surface area contributed by atoms with Gasteiger partial charge in [0.05, 0.1) is 0 Å². The number of ether oxygens (including phenoxy) is 1. The molecule has 0 aliphatic heterocycles. The van der Waals surface area contributed by atoms with Crippen molar-refractivity contribution in [1.29, 1.82) is 0 Å². The fourth-order valence-electron chi connectivity index (χ4n) is 1.66. The number of carbonyl (C=O) groups is 1. The van der Waals surface area contributed by atoms with Gasteiger partial charge < -0.3 is 10.5 Å². The summed E-state index contributed by atoms with van der Waals surface area (Å²) in [5, 5.41) is 0.517. The minimum absolute atomic E-state index is 0.0291. The number of amides is 1. The third-order valence-corrected chi connectivity index (χ3v) is 2.82. The molecule has 0 saturated carbocycles. The van der Waals surface area contributed by atoms with Crippen molar-refractivity contribution in [2.45, 2.75) is 6.61 Å². The van der Waals surface area contributed by atoms with E-state index in [1.807, 2.05) is 0 Å². The molecule has 2 aromatic rings. The van der Waals surface area contributed by atoms with Gasteiger partial charge in [0.15, 0.2) is 11.6 Å². The Morgan fingerprint density at radius 3 is 2.65 bits per heavy atom. The van der Waals surface area contributed by atoms with Gasteiger partial charge in [-0.25, -0.2) is 8.78 Å². The lowest BCUT2D eigenvalue weighted by molar-refractivity contribution is 0.0991. The molecule has 0 spiro atoms. The highest BCUT2D eigenvalue weighted by atomic mass is 35.5. The van der Waals surface area contributed by atoms with Crippen LogP contribution in [-0.2, 0) is 6.61 Å². The van der Waals surface area contributed by atoms with Crippen LogP contribution in [-0.4, -0.2) is 5.91 Å². The molecular formula is C14H10ClF2NO2. The van der Waals surface area contributed by atoms with E-state index in [2.05, 4.69) is 0 Å². The van der Waals surface area contributed by atoms with Gasteiger partial charge in [0.25, 0.3) is 5.91 Å². The van der Waals surface area contributed by atoms with Crippen LogP contribution in [0.3, 0.4) is 0 Å². The Bertz CT molecular complexity index is 662. The molecule has 0 saturated heterocycles. The summed E-state index contributed by atoms with van der Waals surface area (Å²) in [5.74, 6) is -3.57. The molecule has 0 radical (unpaired) electrons. The molecule has 2 aromatic carbocycles. The number of carbonyl (C=O) groups excluding carboxylic acids is 1. The van der Waals surface area contributed by atoms with Gasteiger partial charge in [0.1, 0.15) is 18.0 Å². The average Bonchev–Trinajstić information content (AvgIpc) is 2.37. The van der Waals surface area contributed by atoms with E-state index in [4.69, 9.17) is 22.1 Å². The zero-order valence-corrected chi connectivity index (χ0v) is 11.0. The van der Waals surface area contributed by atoms with Gasteiger partial charge in [0.2, 0.25) is 0 Å². The maximum atomic E-state index is 13.9. The van der Waals surface area contributed by atoms with Crippen LogP contribution in [0.2, 0.25) is 5.02 Å². The molecule has 0 aliphatic rings. The Balaban J connectivity index is 2.22. The first-order chi connectivity index (χ1) is 9.49. The van der Waals surface area contributed by atoms with Crippen LogP contribution in [0.5, 0.6) is 5.75 Å². The number of hydrogen-bond acceptors (Lipinski definition) is 2. The summed E-state index contributed by atoms with van der Waals surface area (Å²) >= 11 is 5.81. The van der Waals surface area contributed by atoms with Gasteiger partial charge >= 0.3 is 0 Å². The number of primary amides is 1. The standard InChI is InChI=1S/C14H10ClF2NO2/c15-9-3-1-2-8(6-9)7-20-11-5-4-10(16)12(13(11)17)14(18)19/h1-6H,7H2,(H2,18,19). The summed E-state index contributed by atoms with van der Waals surface area (Å²) in [5.41, 5.74) is 4.82. The fraction of sp³-hybridized carbons (Fsp3) is 0.0714. The Kier molecular flexibility index (Phi) is 4.20. The second-order valence-corrected chi connectivity index (χ2v) is 4.45. The molecular weight excluding hydrogens is 288 g/mol. The molecule has 20 heavy (non-hydrogen) atoms. The number of rotatable bonds is 4. The van der Waals surface area contributed by atoms with Crippen LogP contribution in [0.15, 0.2) is 36.4 Å². The zero-order chi connectivity index (χ0) is 14.7. The van der Waals surface area contributed by atoms with Gasteiger partial charge in [-0.1, -0.05) is 23.7 Å². The van der Waals surface area contributed by atoms with E-state index in [9.17, 15) is 13.6 Å². The average molecular weight is 298 g/mol. The Hall–Kier alpha value is -2.14. The number of hydrogen-bond donors (Lipinski definition) is 1. The molecule has 0 heterocycles. The van der Waals surface area contributed by atoms with E-state index >= 15 is 0 Å². The summed E-state index contributed by atoms with van der Waals surface area (Å²) < 4.78 is 32.4. The first-order valence-corrected chi connectivity index (χ1v) is 6.02. The Morgan fingerprint density at radius 2 is 2.00 bits per heavy atom. The van der Waals surface area contributed by atoms with Crippen molar-refractivity contribution in [1.82, 2.24) is 0 Å². The Labute approximate surface area is 118 Å². The molecule has 0 unspecified atom stereocenters. The van der Waals surface area contributed by atoms with Gasteiger partial charge in [-0.05, 0) is 29.8 Å². The van der Waals surface area contributed by atoms with E-state index in [-0.39, 0.29) is 12.4 Å². The summed E-state index contributed by atoms with van der Waals surface area (Å²) in [6.45, 7) is 0.0291. The highest BCUT2D eigenvalue weighted by molar-refractivity contribution is 6.30. The van der Waals surface area contributed by atoms with Crippen molar-refractivity contribution in [2.75, 3.05) is 0 Å². The third kappa shape index (κ3) is 3.05. The quantitative estimate of drug-likeness (QED) is 0.941. The van der Waals surface area contributed by atoms with Gasteiger partial charge in [-0.3, -0.25) is 4.79 Å². The molecule has 3 nitrogen and oxygen atoms in total. The molecule has 1 amide bonds. The molecule has 0 bridgehead atoms. The van der Waals surface area contributed by atoms with Crippen LogP contribution < -0.4 is 10.5 Å². The first kappa shape index (κ1) is 14.3. The zero-order valence-electron chi connectivity index (χ0n) is 10.2. The van der Waals surface area contributed by atoms with Gasteiger partial charge in [0, 0.05) is 5.02 Å². The van der Waals surface area contributed by atoms with E-state index in [1.165, 1.54) is 0 Å². The topological polar surface area (TPSA) is 52.3 Å². The molecule has 0 fully saturated rings. The van der Waals surface area contributed by atoms with Crippen molar-refractivity contribution in [3.8, 4) is 5.75 Å². The molecule has 2 N–H and O–H groups in total. The smallest absolute Gasteiger partial charge is 0.254 e. The fourth-order valence-corrected chi connectivity index (χ4v) is 1.87. The lowest BCUT2D eigenvalue weighted by Gasteiger charge is -2.10. The lowest BCUT2D eigenvalue weighted by Crippen LogP contribution is -2.16. The molecule has 2 rings (SSSR count). The predicted octanol–water partition coefficient (Wildman–Crippen LogP) is 3.30. The summed E-state index contributed by atoms with van der Waals surface area (Å²) in [7, 11) is 0. The van der Waals surface area contributed by atoms with E-state index < -0.39 is 23.1 Å². The second-order valence-electron chi connectivity index (χ2n) is 4.02. The van der Waals surface area contributed by atoms with E-state index in [0.717, 1.165) is 12.1 Å². The minimum Gasteiger partial charge on any atom is -0.486 e. The normalized spacial score (nSPS) is 10.3. The van der Waals surface area contributed by atoms with Crippen molar-refractivity contribution in [2.24, 2.45) is 5.73 Å². The van der Waals surface area contributed by atoms with Crippen molar-refractivity contribution in [3.05, 3.63) is 64.2 Å². The van der Waals surface area contributed by atoms with Crippen LogP contribution >= 0.6 is 11.6 Å². The maximum Gasteiger partial charge on any atom is 0.254 e. The lowest BCUT2D eigenvalue weighted by atomic mass is 10.1. The third-order valence-electron chi connectivity index (χ3n) is 2.59. The van der Waals surface area contributed by atoms with Crippen LogP contribution in [0, 0.1) is 11.6 Å². The molecule has 104 valence electrons. The van der Waals surface area contributed by atoms with Gasteiger partial charge in [-0.15, -0.1) is 0 Å². The monoisotopic (exact) mass is 297 g/mol. The first-order valence-electron chi connectivity index (χ1n) is 5.64. The minimum atomic E-state index is -1.19. The van der Waals surface area contributed by atoms with Crippen molar-refractivity contribution in [3.63, 3.8) is 0 Å². The predicted molar refractivity (Wildman–Crippen MR) is 70.7 cm³/mol. The largest absolute Gasteiger partial charge is 0.486 e. The van der Waals surface area contributed by atoms with Crippen LogP contribution in [0.4, 0.5) is 8.78 Å². The van der Waals surface area contributed by atoms with Gasteiger partial charge in [-0.2, -0.15) is 0 Å². The highest BCUT2D eigenvalue weighted by Crippen LogP contribution is 2.24. The number of nitrogens with two attached hydrogens (primary N) is 1. The highest BCUT2D eigenvalue weighted by Gasteiger charge is 2.19. The maximum absolute atomic E-state index is 13.9. The van der Waals surface area contributed by atoms with Crippen LogP contribution in [0.25, 0.3) is 0 Å². The SMILES string of the molecule is NC(=O)c1c(F)ccc(OCc2cccc(Cl)c2)c1F. The molecule has 0 aliphatic carbocycles. The van der Waals surface area contributed by atoms with E-state index in [1.54, 1.807) is 24.3 Å². The molecule has 0 aromatic heterocycles. The number of benzene rings is 2. The Morgan fingerprint density at radius 1 is 1.25 bits per heavy atom. The summed E-state index contributed by atoms with van der Waals surface area (Å²) in [6.07, 6.45) is 0. The summed E-state index contributed by atoms with van der Waals surface area (Å²) in [6, 6.07) is 8.82. The van der Waals surface area contributed by atoms with Crippen molar-refractivity contribution >= 4 is 17.5 Å². The number of halogens is 3. The van der Waals surface area contributed by atoms with Crippen LogP contribution in [0.1, 0.15) is 15.9 Å². The van der Waals surface area contributed by atoms with E-state index in [0.29, 0.717) is 10.6 Å². The molecule has 0 atom stereocenters. The summed E-state index contributed by atoms with van der Waals surface area (Å²) in [4.78, 5) is 11.0. The second kappa shape index (κ2) is 5.88.